The molecule has 3 heteroatoms. The summed E-state index contributed by atoms with van der Waals surface area (Å²) in [6.07, 6.45) is -0.513. The van der Waals surface area contributed by atoms with E-state index < -0.39 is 6.10 Å². The van der Waals surface area contributed by atoms with Gasteiger partial charge in [-0.15, -0.1) is 11.3 Å². The quantitative estimate of drug-likeness (QED) is 0.751. The molecule has 2 nitrogen and oxygen atoms in total. The Morgan fingerprint density at radius 1 is 1.05 bits per heavy atom. The molecule has 0 saturated heterocycles. The molecule has 1 heterocycles. The minimum absolute atomic E-state index is 0.123. The molecule has 21 heavy (non-hydrogen) atoms. The standard InChI is InChI=1S/C18H18O2S/c1-12(2)20-15-7-3-6-14(11-15)17(19)16-8-4-5-13-9-10-21-18(13)16/h3-12,17,19H,1-2H3. The zero-order chi connectivity index (χ0) is 14.8. The molecule has 0 saturated carbocycles. The third-order valence-electron chi connectivity index (χ3n) is 3.35. The van der Waals surface area contributed by atoms with Crippen molar-refractivity contribution >= 4 is 21.4 Å². The molecular weight excluding hydrogens is 280 g/mol. The van der Waals surface area contributed by atoms with E-state index in [0.717, 1.165) is 21.6 Å². The molecule has 1 N–H and O–H groups in total. The summed E-state index contributed by atoms with van der Waals surface area (Å²) in [4.78, 5) is 0. The smallest absolute Gasteiger partial charge is 0.120 e. The lowest BCUT2D eigenvalue weighted by molar-refractivity contribution is 0.218. The van der Waals surface area contributed by atoms with Crippen molar-refractivity contribution in [2.24, 2.45) is 0 Å². The van der Waals surface area contributed by atoms with Gasteiger partial charge in [0.15, 0.2) is 0 Å². The van der Waals surface area contributed by atoms with E-state index >= 15 is 0 Å². The van der Waals surface area contributed by atoms with Crippen LogP contribution < -0.4 is 4.74 Å². The van der Waals surface area contributed by atoms with Gasteiger partial charge in [0, 0.05) is 10.3 Å². The molecule has 0 spiro atoms. The number of ether oxygens (including phenoxy) is 1. The van der Waals surface area contributed by atoms with Crippen molar-refractivity contribution in [2.75, 3.05) is 0 Å². The number of benzene rings is 2. The normalized spacial score (nSPS) is 12.8. The molecule has 0 amide bonds. The van der Waals surface area contributed by atoms with E-state index in [1.54, 1.807) is 11.3 Å². The van der Waals surface area contributed by atoms with E-state index in [0.29, 0.717) is 0 Å². The van der Waals surface area contributed by atoms with Crippen LogP contribution in [0.1, 0.15) is 31.1 Å². The van der Waals surface area contributed by atoms with Crippen LogP contribution in [0.2, 0.25) is 0 Å². The summed E-state index contributed by atoms with van der Waals surface area (Å²) in [7, 11) is 0. The largest absolute Gasteiger partial charge is 0.491 e. The molecule has 3 aromatic rings. The predicted octanol–water partition coefficient (Wildman–Crippen LogP) is 4.77. The van der Waals surface area contributed by atoms with Crippen LogP contribution in [0.5, 0.6) is 5.75 Å². The average molecular weight is 298 g/mol. The fourth-order valence-corrected chi connectivity index (χ4v) is 3.38. The molecule has 1 atom stereocenters. The van der Waals surface area contributed by atoms with Gasteiger partial charge < -0.3 is 9.84 Å². The van der Waals surface area contributed by atoms with Gasteiger partial charge in [0.1, 0.15) is 11.9 Å². The van der Waals surface area contributed by atoms with Crippen molar-refractivity contribution in [3.8, 4) is 5.75 Å². The predicted molar refractivity (Wildman–Crippen MR) is 88.1 cm³/mol. The SMILES string of the molecule is CC(C)Oc1cccc(C(O)c2cccc3ccsc23)c1. The number of fused-ring (bicyclic) bond motifs is 1. The molecule has 0 radical (unpaired) electrons. The van der Waals surface area contributed by atoms with Crippen molar-refractivity contribution in [3.05, 3.63) is 65.0 Å². The highest BCUT2D eigenvalue weighted by Crippen LogP contribution is 2.33. The molecule has 1 aromatic heterocycles. The second-order valence-electron chi connectivity index (χ2n) is 5.33. The van der Waals surface area contributed by atoms with Crippen molar-refractivity contribution in [1.82, 2.24) is 0 Å². The summed E-state index contributed by atoms with van der Waals surface area (Å²) < 4.78 is 6.84. The van der Waals surface area contributed by atoms with E-state index in [9.17, 15) is 5.11 Å². The summed E-state index contributed by atoms with van der Waals surface area (Å²) in [5.41, 5.74) is 1.80. The minimum atomic E-state index is -0.636. The first kappa shape index (κ1) is 14.1. The molecule has 0 aliphatic rings. The monoisotopic (exact) mass is 298 g/mol. The second kappa shape index (κ2) is 5.88. The van der Waals surface area contributed by atoms with Gasteiger partial charge >= 0.3 is 0 Å². The van der Waals surface area contributed by atoms with Gasteiger partial charge in [-0.25, -0.2) is 0 Å². The Morgan fingerprint density at radius 2 is 1.86 bits per heavy atom. The van der Waals surface area contributed by atoms with Gasteiger partial charge in [0.2, 0.25) is 0 Å². The topological polar surface area (TPSA) is 29.5 Å². The Hall–Kier alpha value is -1.84. The van der Waals surface area contributed by atoms with E-state index in [1.807, 2.05) is 50.2 Å². The van der Waals surface area contributed by atoms with Crippen LogP contribution in [-0.4, -0.2) is 11.2 Å². The van der Waals surface area contributed by atoms with Gasteiger partial charge in [-0.1, -0.05) is 30.3 Å². The van der Waals surface area contributed by atoms with Crippen molar-refractivity contribution in [2.45, 2.75) is 26.1 Å². The third-order valence-corrected chi connectivity index (χ3v) is 4.33. The Balaban J connectivity index is 1.98. The first-order chi connectivity index (χ1) is 10.1. The summed E-state index contributed by atoms with van der Waals surface area (Å²) >= 11 is 1.66. The number of aliphatic hydroxyl groups excluding tert-OH is 1. The number of hydrogen-bond acceptors (Lipinski definition) is 3. The number of thiophene rings is 1. The van der Waals surface area contributed by atoms with E-state index in [1.165, 1.54) is 5.39 Å². The molecule has 1 unspecified atom stereocenters. The van der Waals surface area contributed by atoms with Gasteiger partial charge in [-0.05, 0) is 48.4 Å². The number of hydrogen-bond donors (Lipinski definition) is 1. The first-order valence-corrected chi connectivity index (χ1v) is 7.94. The van der Waals surface area contributed by atoms with Crippen LogP contribution in [0.25, 0.3) is 10.1 Å². The van der Waals surface area contributed by atoms with Crippen LogP contribution in [0.15, 0.2) is 53.9 Å². The maximum Gasteiger partial charge on any atom is 0.120 e. The molecular formula is C18H18O2S. The lowest BCUT2D eigenvalue weighted by atomic mass is 10.0. The van der Waals surface area contributed by atoms with Crippen LogP contribution >= 0.6 is 11.3 Å². The molecule has 2 aromatic carbocycles. The van der Waals surface area contributed by atoms with E-state index in [-0.39, 0.29) is 6.10 Å². The number of aliphatic hydroxyl groups is 1. The van der Waals surface area contributed by atoms with Gasteiger partial charge in [-0.2, -0.15) is 0 Å². The van der Waals surface area contributed by atoms with E-state index in [2.05, 4.69) is 17.5 Å². The third kappa shape index (κ3) is 2.94. The van der Waals surface area contributed by atoms with Crippen LogP contribution in [0.3, 0.4) is 0 Å². The zero-order valence-corrected chi connectivity index (χ0v) is 12.9. The molecule has 0 aliphatic carbocycles. The summed E-state index contributed by atoms with van der Waals surface area (Å²) in [5, 5.41) is 13.9. The lowest BCUT2D eigenvalue weighted by Crippen LogP contribution is -2.06. The Bertz CT molecular complexity index is 746. The summed E-state index contributed by atoms with van der Waals surface area (Å²) in [6, 6.07) is 15.8. The molecule has 3 rings (SSSR count). The van der Waals surface area contributed by atoms with Gasteiger partial charge in [-0.3, -0.25) is 0 Å². The Morgan fingerprint density at radius 3 is 2.67 bits per heavy atom. The van der Waals surface area contributed by atoms with Crippen molar-refractivity contribution < 1.29 is 9.84 Å². The minimum Gasteiger partial charge on any atom is -0.491 e. The van der Waals surface area contributed by atoms with Gasteiger partial charge in [0.05, 0.1) is 6.10 Å². The highest BCUT2D eigenvalue weighted by atomic mass is 32.1. The highest BCUT2D eigenvalue weighted by molar-refractivity contribution is 7.17. The average Bonchev–Trinajstić information content (AvgIpc) is 2.94. The fourth-order valence-electron chi connectivity index (χ4n) is 2.44. The zero-order valence-electron chi connectivity index (χ0n) is 12.1. The molecule has 0 bridgehead atoms. The molecule has 108 valence electrons. The first-order valence-electron chi connectivity index (χ1n) is 7.06. The van der Waals surface area contributed by atoms with Crippen LogP contribution in [0.4, 0.5) is 0 Å². The van der Waals surface area contributed by atoms with Crippen LogP contribution in [-0.2, 0) is 0 Å². The maximum atomic E-state index is 10.7. The molecule has 0 fully saturated rings. The lowest BCUT2D eigenvalue weighted by Gasteiger charge is -2.15. The molecule has 0 aliphatic heterocycles. The Kier molecular flexibility index (Phi) is 3.95. The maximum absolute atomic E-state index is 10.7. The van der Waals surface area contributed by atoms with Gasteiger partial charge in [0.25, 0.3) is 0 Å². The number of rotatable bonds is 4. The van der Waals surface area contributed by atoms with Crippen molar-refractivity contribution in [3.63, 3.8) is 0 Å². The van der Waals surface area contributed by atoms with Crippen molar-refractivity contribution in [1.29, 1.82) is 0 Å². The van der Waals surface area contributed by atoms with E-state index in [4.69, 9.17) is 4.74 Å². The summed E-state index contributed by atoms with van der Waals surface area (Å²) in [6.45, 7) is 3.99. The summed E-state index contributed by atoms with van der Waals surface area (Å²) in [5.74, 6) is 0.792. The second-order valence-corrected chi connectivity index (χ2v) is 6.24. The fraction of sp³-hybridized carbons (Fsp3) is 0.222. The highest BCUT2D eigenvalue weighted by Gasteiger charge is 2.15. The Labute approximate surface area is 128 Å². The van der Waals surface area contributed by atoms with Crippen LogP contribution in [0, 0.1) is 0 Å².